The van der Waals surface area contributed by atoms with Gasteiger partial charge in [0.2, 0.25) is 5.91 Å². The third-order valence-electron chi connectivity index (χ3n) is 3.58. The molecule has 0 aliphatic rings. The third kappa shape index (κ3) is 5.63. The highest BCUT2D eigenvalue weighted by Gasteiger charge is 2.30. The van der Waals surface area contributed by atoms with Crippen LogP contribution in [0.5, 0.6) is 0 Å². The summed E-state index contributed by atoms with van der Waals surface area (Å²) in [5.41, 5.74) is -0.294. The molecule has 0 radical (unpaired) electrons. The van der Waals surface area contributed by atoms with Crippen molar-refractivity contribution in [2.75, 3.05) is 6.54 Å². The summed E-state index contributed by atoms with van der Waals surface area (Å²) in [7, 11) is 0. The molecule has 114 valence electrons. The first kappa shape index (κ1) is 17.2. The standard InChI is InChI=1S/C16H27NO2S/c1-12(2)15(19)16(3,4)11-17-14(18)9-5-7-13-8-6-10-20-13/h6,8,10,12,15,19H,5,7,9,11H2,1-4H3,(H,17,18). The number of thiophene rings is 1. The molecule has 1 rings (SSSR count). The lowest BCUT2D eigenvalue weighted by atomic mass is 9.80. The zero-order valence-corrected chi connectivity index (χ0v) is 13.8. The zero-order valence-electron chi connectivity index (χ0n) is 13.0. The molecule has 1 atom stereocenters. The molecule has 0 aliphatic carbocycles. The summed E-state index contributed by atoms with van der Waals surface area (Å²) >= 11 is 1.73. The van der Waals surface area contributed by atoms with Crippen LogP contribution >= 0.6 is 11.3 Å². The number of carbonyl (C=O) groups is 1. The van der Waals surface area contributed by atoms with Crippen LogP contribution in [0.2, 0.25) is 0 Å². The average molecular weight is 297 g/mol. The first-order valence-electron chi connectivity index (χ1n) is 7.30. The fourth-order valence-electron chi connectivity index (χ4n) is 2.30. The molecule has 0 saturated carbocycles. The molecule has 1 aromatic heterocycles. The summed E-state index contributed by atoms with van der Waals surface area (Å²) in [5.74, 6) is 0.270. The summed E-state index contributed by atoms with van der Waals surface area (Å²) in [5, 5.41) is 15.1. The maximum absolute atomic E-state index is 11.8. The molecule has 1 amide bonds. The van der Waals surface area contributed by atoms with E-state index in [1.807, 2.05) is 33.8 Å². The first-order chi connectivity index (χ1) is 9.33. The van der Waals surface area contributed by atoms with Crippen LogP contribution in [-0.4, -0.2) is 23.7 Å². The fourth-order valence-corrected chi connectivity index (χ4v) is 3.05. The van der Waals surface area contributed by atoms with E-state index in [0.717, 1.165) is 12.8 Å². The Kier molecular flexibility index (Phi) is 6.69. The van der Waals surface area contributed by atoms with Gasteiger partial charge < -0.3 is 10.4 Å². The highest BCUT2D eigenvalue weighted by atomic mass is 32.1. The van der Waals surface area contributed by atoms with Crippen molar-refractivity contribution in [3.8, 4) is 0 Å². The molecule has 1 aromatic rings. The van der Waals surface area contributed by atoms with Crippen LogP contribution in [0.15, 0.2) is 17.5 Å². The fraction of sp³-hybridized carbons (Fsp3) is 0.688. The summed E-state index contributed by atoms with van der Waals surface area (Å²) in [6.45, 7) is 8.49. The Morgan fingerprint density at radius 2 is 2.15 bits per heavy atom. The van der Waals surface area contributed by atoms with Gasteiger partial charge >= 0.3 is 0 Å². The number of aliphatic hydroxyl groups excluding tert-OH is 1. The number of hydrogen-bond donors (Lipinski definition) is 2. The Morgan fingerprint density at radius 3 is 2.70 bits per heavy atom. The van der Waals surface area contributed by atoms with Crippen LogP contribution in [0.25, 0.3) is 0 Å². The van der Waals surface area contributed by atoms with Crippen LogP contribution in [0.1, 0.15) is 45.4 Å². The minimum absolute atomic E-state index is 0.0746. The van der Waals surface area contributed by atoms with E-state index in [4.69, 9.17) is 0 Å². The summed E-state index contributed by atoms with van der Waals surface area (Å²) in [6, 6.07) is 4.14. The van der Waals surface area contributed by atoms with E-state index in [1.54, 1.807) is 11.3 Å². The van der Waals surface area contributed by atoms with Gasteiger partial charge in [0.05, 0.1) is 6.10 Å². The molecule has 1 unspecified atom stereocenters. The molecule has 0 aromatic carbocycles. The Labute approximate surface area is 126 Å². The van der Waals surface area contributed by atoms with Crippen LogP contribution < -0.4 is 5.32 Å². The maximum atomic E-state index is 11.8. The molecular formula is C16H27NO2S. The topological polar surface area (TPSA) is 49.3 Å². The van der Waals surface area contributed by atoms with E-state index in [-0.39, 0.29) is 17.2 Å². The summed E-state index contributed by atoms with van der Waals surface area (Å²) in [4.78, 5) is 13.1. The lowest BCUT2D eigenvalue weighted by molar-refractivity contribution is -0.122. The van der Waals surface area contributed by atoms with E-state index in [9.17, 15) is 9.90 Å². The Bertz CT molecular complexity index is 399. The van der Waals surface area contributed by atoms with Crippen molar-refractivity contribution in [1.29, 1.82) is 0 Å². The number of rotatable bonds is 8. The zero-order chi connectivity index (χ0) is 15.2. The van der Waals surface area contributed by atoms with Gasteiger partial charge in [-0.2, -0.15) is 0 Å². The second-order valence-corrected chi connectivity index (χ2v) is 7.42. The highest BCUT2D eigenvalue weighted by molar-refractivity contribution is 7.09. The van der Waals surface area contributed by atoms with Gasteiger partial charge in [0.1, 0.15) is 0 Å². The molecule has 0 spiro atoms. The number of nitrogens with one attached hydrogen (secondary N) is 1. The smallest absolute Gasteiger partial charge is 0.220 e. The van der Waals surface area contributed by atoms with Gasteiger partial charge in [0.15, 0.2) is 0 Å². The second-order valence-electron chi connectivity index (χ2n) is 6.39. The number of aryl methyl sites for hydroxylation is 1. The van der Waals surface area contributed by atoms with Crippen molar-refractivity contribution in [3.63, 3.8) is 0 Å². The van der Waals surface area contributed by atoms with Crippen LogP contribution in [-0.2, 0) is 11.2 Å². The quantitative estimate of drug-likeness (QED) is 0.774. The minimum Gasteiger partial charge on any atom is -0.392 e. The summed E-state index contributed by atoms with van der Waals surface area (Å²) in [6.07, 6.45) is 1.97. The predicted octanol–water partition coefficient (Wildman–Crippen LogP) is 3.23. The maximum Gasteiger partial charge on any atom is 0.220 e. The molecule has 0 fully saturated rings. The Hall–Kier alpha value is -0.870. The molecule has 0 aliphatic heterocycles. The number of aliphatic hydroxyl groups is 1. The Balaban J connectivity index is 2.25. The largest absolute Gasteiger partial charge is 0.392 e. The van der Waals surface area contributed by atoms with E-state index in [0.29, 0.717) is 13.0 Å². The lowest BCUT2D eigenvalue weighted by Crippen LogP contribution is -2.43. The first-order valence-corrected chi connectivity index (χ1v) is 8.18. The number of hydrogen-bond acceptors (Lipinski definition) is 3. The normalized spacial score (nSPS) is 13.5. The van der Waals surface area contributed by atoms with Crippen LogP contribution in [0.3, 0.4) is 0 Å². The van der Waals surface area contributed by atoms with Crippen molar-refractivity contribution < 1.29 is 9.90 Å². The third-order valence-corrected chi connectivity index (χ3v) is 4.52. The van der Waals surface area contributed by atoms with Gasteiger partial charge in [-0.05, 0) is 30.2 Å². The summed E-state index contributed by atoms with van der Waals surface area (Å²) < 4.78 is 0. The molecule has 2 N–H and O–H groups in total. The number of carbonyl (C=O) groups excluding carboxylic acids is 1. The van der Waals surface area contributed by atoms with Crippen molar-refractivity contribution in [2.24, 2.45) is 11.3 Å². The van der Waals surface area contributed by atoms with E-state index in [2.05, 4.69) is 16.8 Å². The van der Waals surface area contributed by atoms with Gasteiger partial charge in [-0.1, -0.05) is 33.8 Å². The molecule has 0 bridgehead atoms. The van der Waals surface area contributed by atoms with Crippen LogP contribution in [0.4, 0.5) is 0 Å². The van der Waals surface area contributed by atoms with Gasteiger partial charge in [-0.25, -0.2) is 0 Å². The monoisotopic (exact) mass is 297 g/mol. The molecule has 0 saturated heterocycles. The van der Waals surface area contributed by atoms with E-state index < -0.39 is 6.10 Å². The van der Waals surface area contributed by atoms with Crippen LogP contribution in [0, 0.1) is 11.3 Å². The molecule has 4 heteroatoms. The van der Waals surface area contributed by atoms with Gasteiger partial charge in [-0.15, -0.1) is 11.3 Å². The predicted molar refractivity (Wildman–Crippen MR) is 84.9 cm³/mol. The molecular weight excluding hydrogens is 270 g/mol. The van der Waals surface area contributed by atoms with Gasteiger partial charge in [0, 0.05) is 23.3 Å². The highest BCUT2D eigenvalue weighted by Crippen LogP contribution is 2.25. The SMILES string of the molecule is CC(C)C(O)C(C)(C)CNC(=O)CCCc1cccs1. The average Bonchev–Trinajstić information content (AvgIpc) is 2.88. The lowest BCUT2D eigenvalue weighted by Gasteiger charge is -2.33. The Morgan fingerprint density at radius 1 is 1.45 bits per heavy atom. The molecule has 3 nitrogen and oxygen atoms in total. The van der Waals surface area contributed by atoms with E-state index >= 15 is 0 Å². The minimum atomic E-state index is -0.408. The van der Waals surface area contributed by atoms with Crippen molar-refractivity contribution in [1.82, 2.24) is 5.32 Å². The van der Waals surface area contributed by atoms with Gasteiger partial charge in [0.25, 0.3) is 0 Å². The molecule has 1 heterocycles. The molecule has 20 heavy (non-hydrogen) atoms. The number of amides is 1. The van der Waals surface area contributed by atoms with Crippen molar-refractivity contribution in [3.05, 3.63) is 22.4 Å². The van der Waals surface area contributed by atoms with Crippen molar-refractivity contribution >= 4 is 17.2 Å². The van der Waals surface area contributed by atoms with E-state index in [1.165, 1.54) is 4.88 Å². The van der Waals surface area contributed by atoms with Crippen molar-refractivity contribution in [2.45, 2.75) is 53.1 Å². The second kappa shape index (κ2) is 7.79. The van der Waals surface area contributed by atoms with Gasteiger partial charge in [-0.3, -0.25) is 4.79 Å².